The molecule has 0 radical (unpaired) electrons. The van der Waals surface area contributed by atoms with Crippen LogP contribution in [0.15, 0.2) is 28.9 Å². The van der Waals surface area contributed by atoms with Crippen LogP contribution in [0.4, 0.5) is 10.6 Å². The zero-order chi connectivity index (χ0) is 14.9. The van der Waals surface area contributed by atoms with E-state index in [9.17, 15) is 4.79 Å². The Labute approximate surface area is 139 Å². The largest absolute Gasteiger partial charge is 0.444 e. The Bertz CT molecular complexity index is 668. The monoisotopic (exact) mass is 448 g/mol. The first-order valence-corrected chi connectivity index (χ1v) is 7.86. The summed E-state index contributed by atoms with van der Waals surface area (Å²) in [5.74, 6) is 0.477. The van der Waals surface area contributed by atoms with Crippen molar-refractivity contribution in [3.05, 3.63) is 32.4 Å². The molecule has 0 aliphatic heterocycles. The van der Waals surface area contributed by atoms with E-state index in [0.29, 0.717) is 5.82 Å². The molecule has 0 aliphatic rings. The van der Waals surface area contributed by atoms with Crippen molar-refractivity contribution in [1.29, 1.82) is 0 Å². The van der Waals surface area contributed by atoms with Crippen LogP contribution in [0.1, 0.15) is 20.8 Å². The van der Waals surface area contributed by atoms with Gasteiger partial charge in [0.2, 0.25) is 0 Å². The van der Waals surface area contributed by atoms with E-state index in [1.807, 2.05) is 39.0 Å². The van der Waals surface area contributed by atoms with Gasteiger partial charge in [0.1, 0.15) is 11.4 Å². The summed E-state index contributed by atoms with van der Waals surface area (Å²) in [7, 11) is 0. The Morgan fingerprint density at radius 1 is 1.30 bits per heavy atom. The predicted molar refractivity (Wildman–Crippen MR) is 92.0 cm³/mol. The van der Waals surface area contributed by atoms with Crippen LogP contribution in [0.2, 0.25) is 0 Å². The summed E-state index contributed by atoms with van der Waals surface area (Å²) < 4.78 is 7.33. The van der Waals surface area contributed by atoms with Gasteiger partial charge in [0.25, 0.3) is 0 Å². The molecule has 0 aliphatic carbocycles. The summed E-state index contributed by atoms with van der Waals surface area (Å²) >= 11 is 5.73. The average molecular weight is 449 g/mol. The third-order valence-corrected chi connectivity index (χ3v) is 4.68. The van der Waals surface area contributed by atoms with Crippen LogP contribution in [0.5, 0.6) is 0 Å². The third-order valence-electron chi connectivity index (χ3n) is 2.39. The highest BCUT2D eigenvalue weighted by Crippen LogP contribution is 2.26. The van der Waals surface area contributed by atoms with E-state index in [-0.39, 0.29) is 0 Å². The summed E-state index contributed by atoms with van der Waals surface area (Å²) in [5.41, 5.74) is -0.527. The highest BCUT2D eigenvalue weighted by molar-refractivity contribution is 14.1. The molecule has 0 bridgehead atoms. The zero-order valence-corrected chi connectivity index (χ0v) is 15.1. The summed E-state index contributed by atoms with van der Waals surface area (Å²) in [6.07, 6.45) is 1.22. The number of rotatable bonds is 1. The van der Waals surface area contributed by atoms with E-state index in [1.54, 1.807) is 6.20 Å². The Kier molecular flexibility index (Phi) is 4.53. The van der Waals surface area contributed by atoms with Crippen LogP contribution >= 0.6 is 38.5 Å². The molecular weight excluding hydrogens is 435 g/mol. The highest BCUT2D eigenvalue weighted by Gasteiger charge is 2.16. The first-order valence-electron chi connectivity index (χ1n) is 5.99. The molecule has 1 amide bonds. The Hall–Kier alpha value is -0.890. The molecule has 1 N–H and O–H groups in total. The van der Waals surface area contributed by atoms with Crippen molar-refractivity contribution in [2.75, 3.05) is 5.32 Å². The molecule has 4 nitrogen and oxygen atoms in total. The van der Waals surface area contributed by atoms with Gasteiger partial charge in [-0.1, -0.05) is 0 Å². The van der Waals surface area contributed by atoms with Crippen LogP contribution in [-0.2, 0) is 4.74 Å². The molecule has 1 aromatic heterocycles. The smallest absolute Gasteiger partial charge is 0.413 e. The summed E-state index contributed by atoms with van der Waals surface area (Å²) in [5, 5.41) is 4.66. The minimum atomic E-state index is -0.527. The van der Waals surface area contributed by atoms with Gasteiger partial charge in [-0.25, -0.2) is 9.78 Å². The van der Waals surface area contributed by atoms with Crippen molar-refractivity contribution in [1.82, 2.24) is 4.98 Å². The molecule has 1 aromatic carbocycles. The Morgan fingerprint density at radius 3 is 2.65 bits per heavy atom. The molecule has 20 heavy (non-hydrogen) atoms. The van der Waals surface area contributed by atoms with Crippen molar-refractivity contribution >= 4 is 61.2 Å². The van der Waals surface area contributed by atoms with Gasteiger partial charge in [0, 0.05) is 19.6 Å². The molecule has 2 aromatic rings. The second kappa shape index (κ2) is 5.85. The summed E-state index contributed by atoms with van der Waals surface area (Å²) in [6, 6.07) is 5.86. The maximum absolute atomic E-state index is 11.7. The number of nitrogens with zero attached hydrogens (tertiary/aromatic N) is 1. The number of aromatic nitrogens is 1. The van der Waals surface area contributed by atoms with Crippen LogP contribution in [0, 0.1) is 3.57 Å². The van der Waals surface area contributed by atoms with Crippen LogP contribution in [0.25, 0.3) is 10.8 Å². The van der Waals surface area contributed by atoms with E-state index in [4.69, 9.17) is 4.74 Å². The minimum absolute atomic E-state index is 0.477. The van der Waals surface area contributed by atoms with Gasteiger partial charge in [0.05, 0.1) is 0 Å². The fourth-order valence-corrected chi connectivity index (χ4v) is 2.47. The van der Waals surface area contributed by atoms with Crippen LogP contribution < -0.4 is 5.32 Å². The third kappa shape index (κ3) is 4.05. The maximum atomic E-state index is 11.7. The number of halogens is 2. The van der Waals surface area contributed by atoms with E-state index in [1.165, 1.54) is 0 Å². The summed E-state index contributed by atoms with van der Waals surface area (Å²) in [6.45, 7) is 5.46. The molecule has 6 heteroatoms. The molecule has 0 fully saturated rings. The van der Waals surface area contributed by atoms with Crippen molar-refractivity contribution in [2.24, 2.45) is 0 Å². The number of hydrogen-bond donors (Lipinski definition) is 1. The molecule has 0 saturated heterocycles. The molecule has 0 spiro atoms. The number of hydrogen-bond acceptors (Lipinski definition) is 3. The number of amides is 1. The number of pyridine rings is 1. The fourth-order valence-electron chi connectivity index (χ4n) is 1.61. The van der Waals surface area contributed by atoms with E-state index in [0.717, 1.165) is 18.8 Å². The molecule has 0 atom stereocenters. The lowest BCUT2D eigenvalue weighted by Crippen LogP contribution is -2.27. The van der Waals surface area contributed by atoms with Crippen molar-refractivity contribution in [3.63, 3.8) is 0 Å². The van der Waals surface area contributed by atoms with Crippen molar-refractivity contribution < 1.29 is 9.53 Å². The van der Waals surface area contributed by atoms with Gasteiger partial charge in [0.15, 0.2) is 0 Å². The number of carbonyl (C=O) groups excluding carboxylic acids is 1. The van der Waals surface area contributed by atoms with Gasteiger partial charge in [-0.15, -0.1) is 0 Å². The van der Waals surface area contributed by atoms with E-state index >= 15 is 0 Å². The predicted octanol–water partition coefficient (Wildman–Crippen LogP) is 4.95. The van der Waals surface area contributed by atoms with Gasteiger partial charge < -0.3 is 4.74 Å². The lowest BCUT2D eigenvalue weighted by Gasteiger charge is -2.19. The van der Waals surface area contributed by atoms with E-state index in [2.05, 4.69) is 48.8 Å². The average Bonchev–Trinajstić information content (AvgIpc) is 2.28. The van der Waals surface area contributed by atoms with Crippen LogP contribution in [0.3, 0.4) is 0 Å². The number of nitrogens with one attached hydrogen (secondary N) is 1. The lowest BCUT2D eigenvalue weighted by atomic mass is 10.2. The number of fused-ring (bicyclic) bond motifs is 1. The number of carbonyl (C=O) groups is 1. The van der Waals surface area contributed by atoms with Gasteiger partial charge in [-0.3, -0.25) is 5.32 Å². The molecule has 0 saturated carbocycles. The second-order valence-electron chi connectivity index (χ2n) is 5.31. The molecular formula is C14H14BrIN2O2. The minimum Gasteiger partial charge on any atom is -0.444 e. The SMILES string of the molecule is CC(C)(C)OC(=O)Nc1cc2cc(I)c(Br)cc2cn1. The van der Waals surface area contributed by atoms with Crippen molar-refractivity contribution in [2.45, 2.75) is 26.4 Å². The fraction of sp³-hybridized carbons (Fsp3) is 0.286. The number of benzene rings is 1. The first-order chi connectivity index (χ1) is 9.24. The van der Waals surface area contributed by atoms with Gasteiger partial charge >= 0.3 is 6.09 Å². The van der Waals surface area contributed by atoms with Crippen molar-refractivity contribution in [3.8, 4) is 0 Å². The molecule has 1 heterocycles. The zero-order valence-electron chi connectivity index (χ0n) is 11.3. The Morgan fingerprint density at radius 2 is 2.00 bits per heavy atom. The van der Waals surface area contributed by atoms with Crippen LogP contribution in [-0.4, -0.2) is 16.7 Å². The quantitative estimate of drug-likeness (QED) is 0.628. The first kappa shape index (κ1) is 15.5. The van der Waals surface area contributed by atoms with Gasteiger partial charge in [-0.2, -0.15) is 0 Å². The Balaban J connectivity index is 2.24. The highest BCUT2D eigenvalue weighted by atomic mass is 127. The maximum Gasteiger partial charge on any atom is 0.413 e. The lowest BCUT2D eigenvalue weighted by molar-refractivity contribution is 0.0635. The summed E-state index contributed by atoms with van der Waals surface area (Å²) in [4.78, 5) is 15.9. The van der Waals surface area contributed by atoms with E-state index < -0.39 is 11.7 Å². The second-order valence-corrected chi connectivity index (χ2v) is 7.33. The normalized spacial score (nSPS) is 11.4. The topological polar surface area (TPSA) is 51.2 Å². The molecule has 0 unspecified atom stereocenters. The number of anilines is 1. The number of ether oxygens (including phenoxy) is 1. The standard InChI is InChI=1S/C14H14BrIN2O2/c1-14(2,3)20-13(19)18-12-6-8-5-11(16)10(15)4-9(8)7-17-12/h4-7H,1-3H3,(H,17,18,19). The molecule has 106 valence electrons. The van der Waals surface area contributed by atoms with Gasteiger partial charge in [-0.05, 0) is 82.9 Å². The molecule has 2 rings (SSSR count).